The van der Waals surface area contributed by atoms with Crippen molar-refractivity contribution >= 4 is 6.08 Å². The molecule has 0 aliphatic carbocycles. The minimum atomic E-state index is -0.0313. The number of aliphatic hydroxyl groups is 1. The summed E-state index contributed by atoms with van der Waals surface area (Å²) < 4.78 is 5.52. The number of aliphatic hydroxyl groups excluding tert-OH is 1. The van der Waals surface area contributed by atoms with Crippen LogP contribution in [0.2, 0.25) is 0 Å². The van der Waals surface area contributed by atoms with Crippen LogP contribution in [0.3, 0.4) is 0 Å². The Balaban J connectivity index is 2.64. The Hall–Kier alpha value is -1.28. The van der Waals surface area contributed by atoms with Gasteiger partial charge < -0.3 is 9.52 Å². The minimum absolute atomic E-state index is 0.0313. The van der Waals surface area contributed by atoms with Crippen molar-refractivity contribution in [2.45, 2.75) is 47.1 Å². The van der Waals surface area contributed by atoms with Gasteiger partial charge in [-0.2, -0.15) is 0 Å². The van der Waals surface area contributed by atoms with E-state index in [1.807, 2.05) is 19.1 Å². The van der Waals surface area contributed by atoms with Crippen molar-refractivity contribution in [2.75, 3.05) is 0 Å². The van der Waals surface area contributed by atoms with Crippen molar-refractivity contribution in [2.24, 2.45) is 0 Å². The second-order valence-electron chi connectivity index (χ2n) is 4.72. The zero-order chi connectivity index (χ0) is 12.8. The first-order valence-electron chi connectivity index (χ1n) is 6.03. The Bertz CT molecular complexity index is 418. The lowest BCUT2D eigenvalue weighted by atomic mass is 10.1. The van der Waals surface area contributed by atoms with Crippen molar-refractivity contribution < 1.29 is 9.52 Å². The molecule has 0 aliphatic rings. The van der Waals surface area contributed by atoms with Crippen LogP contribution < -0.4 is 0 Å². The first-order chi connectivity index (χ1) is 8.02. The SMILES string of the molecule is CC(C)=CCC/C(C)=C/c1cc(C)c(CO)o1. The molecule has 1 rings (SSSR count). The zero-order valence-corrected chi connectivity index (χ0v) is 11.2. The molecule has 1 N–H and O–H groups in total. The molecule has 94 valence electrons. The first kappa shape index (κ1) is 13.8. The molecule has 0 spiro atoms. The minimum Gasteiger partial charge on any atom is -0.459 e. The smallest absolute Gasteiger partial charge is 0.132 e. The molecule has 2 nitrogen and oxygen atoms in total. The third kappa shape index (κ3) is 4.61. The van der Waals surface area contributed by atoms with Crippen LogP contribution in [0.15, 0.2) is 27.7 Å². The number of hydrogen-bond donors (Lipinski definition) is 1. The van der Waals surface area contributed by atoms with Crippen LogP contribution in [0, 0.1) is 6.92 Å². The van der Waals surface area contributed by atoms with E-state index in [1.165, 1.54) is 11.1 Å². The fourth-order valence-corrected chi connectivity index (χ4v) is 1.68. The normalized spacial score (nSPS) is 11.7. The number of furan rings is 1. The fourth-order valence-electron chi connectivity index (χ4n) is 1.68. The Kier molecular flexibility index (Phi) is 5.23. The van der Waals surface area contributed by atoms with E-state index in [9.17, 15) is 0 Å². The van der Waals surface area contributed by atoms with E-state index in [4.69, 9.17) is 9.52 Å². The van der Waals surface area contributed by atoms with E-state index in [1.54, 1.807) is 0 Å². The van der Waals surface area contributed by atoms with Crippen molar-refractivity contribution in [3.63, 3.8) is 0 Å². The summed E-state index contributed by atoms with van der Waals surface area (Å²) in [4.78, 5) is 0. The number of aryl methyl sites for hydroxylation is 1. The Morgan fingerprint density at radius 3 is 2.59 bits per heavy atom. The lowest BCUT2D eigenvalue weighted by molar-refractivity contribution is 0.245. The summed E-state index contributed by atoms with van der Waals surface area (Å²) >= 11 is 0. The van der Waals surface area contributed by atoms with E-state index in [0.717, 1.165) is 24.2 Å². The van der Waals surface area contributed by atoms with Gasteiger partial charge in [0.1, 0.15) is 18.1 Å². The van der Waals surface area contributed by atoms with Crippen LogP contribution in [0.1, 0.15) is 50.7 Å². The van der Waals surface area contributed by atoms with Crippen LogP contribution in [0.4, 0.5) is 0 Å². The molecule has 0 atom stereocenters. The molecule has 0 saturated carbocycles. The van der Waals surface area contributed by atoms with E-state index in [2.05, 4.69) is 26.8 Å². The van der Waals surface area contributed by atoms with Gasteiger partial charge in [-0.1, -0.05) is 17.2 Å². The molecular weight excluding hydrogens is 212 g/mol. The summed E-state index contributed by atoms with van der Waals surface area (Å²) in [5.41, 5.74) is 3.66. The van der Waals surface area contributed by atoms with Gasteiger partial charge in [-0.15, -0.1) is 0 Å². The van der Waals surface area contributed by atoms with Gasteiger partial charge in [-0.05, 0) is 58.2 Å². The maximum Gasteiger partial charge on any atom is 0.132 e. The largest absolute Gasteiger partial charge is 0.459 e. The second kappa shape index (κ2) is 6.45. The van der Waals surface area contributed by atoms with Gasteiger partial charge in [-0.25, -0.2) is 0 Å². The summed E-state index contributed by atoms with van der Waals surface area (Å²) in [6.45, 7) is 8.25. The highest BCUT2D eigenvalue weighted by Gasteiger charge is 2.04. The molecule has 0 unspecified atom stereocenters. The van der Waals surface area contributed by atoms with E-state index >= 15 is 0 Å². The lowest BCUT2D eigenvalue weighted by Gasteiger charge is -1.97. The lowest BCUT2D eigenvalue weighted by Crippen LogP contribution is -1.79. The Labute approximate surface area is 104 Å². The molecule has 17 heavy (non-hydrogen) atoms. The maximum atomic E-state index is 9.05. The van der Waals surface area contributed by atoms with Crippen molar-refractivity contribution in [1.29, 1.82) is 0 Å². The molecule has 0 bridgehead atoms. The standard InChI is InChI=1S/C15H22O2/c1-11(2)6-5-7-12(3)8-14-9-13(4)15(10-16)17-14/h6,8-9,16H,5,7,10H2,1-4H3/b12-8+. The van der Waals surface area contributed by atoms with Crippen LogP contribution in [-0.4, -0.2) is 5.11 Å². The fraction of sp³-hybridized carbons (Fsp3) is 0.467. The molecule has 0 aliphatic heterocycles. The molecule has 1 heterocycles. The van der Waals surface area contributed by atoms with Gasteiger partial charge in [0, 0.05) is 0 Å². The van der Waals surface area contributed by atoms with Gasteiger partial charge in [0.2, 0.25) is 0 Å². The first-order valence-corrected chi connectivity index (χ1v) is 6.03. The molecule has 0 fully saturated rings. The highest BCUT2D eigenvalue weighted by atomic mass is 16.4. The highest BCUT2D eigenvalue weighted by Crippen LogP contribution is 2.18. The topological polar surface area (TPSA) is 33.4 Å². The van der Waals surface area contributed by atoms with E-state index in [0.29, 0.717) is 5.76 Å². The van der Waals surface area contributed by atoms with Crippen LogP contribution >= 0.6 is 0 Å². The third-order valence-electron chi connectivity index (χ3n) is 2.66. The van der Waals surface area contributed by atoms with Gasteiger partial charge in [0.25, 0.3) is 0 Å². The van der Waals surface area contributed by atoms with Crippen molar-refractivity contribution in [3.05, 3.63) is 40.4 Å². The highest BCUT2D eigenvalue weighted by molar-refractivity contribution is 5.48. The number of allylic oxidation sites excluding steroid dienone is 3. The molecule has 0 aromatic carbocycles. The monoisotopic (exact) mass is 234 g/mol. The Morgan fingerprint density at radius 2 is 2.06 bits per heavy atom. The molecule has 0 saturated heterocycles. The average molecular weight is 234 g/mol. The van der Waals surface area contributed by atoms with Gasteiger partial charge in [-0.3, -0.25) is 0 Å². The predicted molar refractivity (Wildman–Crippen MR) is 71.7 cm³/mol. The third-order valence-corrected chi connectivity index (χ3v) is 2.66. The zero-order valence-electron chi connectivity index (χ0n) is 11.2. The van der Waals surface area contributed by atoms with Crippen LogP contribution in [0.5, 0.6) is 0 Å². The van der Waals surface area contributed by atoms with E-state index in [-0.39, 0.29) is 6.61 Å². The quantitative estimate of drug-likeness (QED) is 0.773. The molecule has 0 amide bonds. The summed E-state index contributed by atoms with van der Waals surface area (Å²) in [7, 11) is 0. The summed E-state index contributed by atoms with van der Waals surface area (Å²) in [5, 5.41) is 9.05. The van der Waals surface area contributed by atoms with Gasteiger partial charge >= 0.3 is 0 Å². The summed E-state index contributed by atoms with van der Waals surface area (Å²) in [6, 6.07) is 1.97. The number of rotatable bonds is 5. The predicted octanol–water partition coefficient (Wildman–Crippen LogP) is 4.23. The maximum absolute atomic E-state index is 9.05. The molecule has 1 aromatic rings. The summed E-state index contributed by atoms with van der Waals surface area (Å²) in [5.74, 6) is 1.49. The van der Waals surface area contributed by atoms with Crippen molar-refractivity contribution in [3.8, 4) is 0 Å². The van der Waals surface area contributed by atoms with Crippen LogP contribution in [-0.2, 0) is 6.61 Å². The molecule has 2 heteroatoms. The molecular formula is C15H22O2. The summed E-state index contributed by atoms with van der Waals surface area (Å²) in [6.07, 6.45) is 6.39. The number of hydrogen-bond acceptors (Lipinski definition) is 2. The molecule has 1 aromatic heterocycles. The second-order valence-corrected chi connectivity index (χ2v) is 4.72. The molecule has 0 radical (unpaired) electrons. The Morgan fingerprint density at radius 1 is 1.35 bits per heavy atom. The average Bonchev–Trinajstić information content (AvgIpc) is 2.58. The van der Waals surface area contributed by atoms with Crippen LogP contribution in [0.25, 0.3) is 6.08 Å². The van der Waals surface area contributed by atoms with Gasteiger partial charge in [0.05, 0.1) is 0 Å². The van der Waals surface area contributed by atoms with E-state index < -0.39 is 0 Å². The van der Waals surface area contributed by atoms with Crippen molar-refractivity contribution in [1.82, 2.24) is 0 Å². The van der Waals surface area contributed by atoms with Gasteiger partial charge in [0.15, 0.2) is 0 Å².